The van der Waals surface area contributed by atoms with Crippen LogP contribution in [0.5, 0.6) is 0 Å². The summed E-state index contributed by atoms with van der Waals surface area (Å²) in [5.41, 5.74) is 4.45. The first kappa shape index (κ1) is 21.4. The Hall–Kier alpha value is -4.17. The number of nitrogens with one attached hydrogen (secondary N) is 1. The van der Waals surface area contributed by atoms with Gasteiger partial charge in [-0.2, -0.15) is 5.10 Å². The average molecular weight is 485 g/mol. The maximum atomic E-state index is 13.2. The van der Waals surface area contributed by atoms with Gasteiger partial charge in [0.2, 0.25) is 0 Å². The summed E-state index contributed by atoms with van der Waals surface area (Å²) < 4.78 is 1.81. The predicted octanol–water partition coefficient (Wildman–Crippen LogP) is 4.15. The summed E-state index contributed by atoms with van der Waals surface area (Å²) in [6.45, 7) is 1.80. The van der Waals surface area contributed by atoms with Gasteiger partial charge in [0.15, 0.2) is 0 Å². The van der Waals surface area contributed by atoms with E-state index in [0.717, 1.165) is 27.6 Å². The van der Waals surface area contributed by atoms with Crippen molar-refractivity contribution < 1.29 is 9.59 Å². The summed E-state index contributed by atoms with van der Waals surface area (Å²) >= 11 is 6.55. The van der Waals surface area contributed by atoms with E-state index in [0.29, 0.717) is 42.3 Å². The molecule has 5 aromatic rings. The number of aromatic amines is 1. The van der Waals surface area contributed by atoms with E-state index < -0.39 is 0 Å². The second-order valence-electron chi connectivity index (χ2n) is 8.50. The summed E-state index contributed by atoms with van der Waals surface area (Å²) in [7, 11) is 0. The van der Waals surface area contributed by atoms with Crippen LogP contribution in [0.25, 0.3) is 27.6 Å². The molecule has 1 aliphatic heterocycles. The molecule has 1 aliphatic rings. The minimum Gasteiger partial charge on any atom is -0.345 e. The highest BCUT2D eigenvalue weighted by Gasteiger charge is 2.27. The Morgan fingerprint density at radius 2 is 1.66 bits per heavy atom. The van der Waals surface area contributed by atoms with Gasteiger partial charge in [-0.05, 0) is 42.5 Å². The number of amides is 2. The van der Waals surface area contributed by atoms with Gasteiger partial charge in [-0.3, -0.25) is 9.59 Å². The van der Waals surface area contributed by atoms with Crippen molar-refractivity contribution in [2.75, 3.05) is 26.2 Å². The molecule has 1 N–H and O–H groups in total. The molecule has 0 spiro atoms. The second kappa shape index (κ2) is 8.56. The third-order valence-electron chi connectivity index (χ3n) is 6.43. The number of nitrogens with zero attached hydrogens (tertiary/aromatic N) is 5. The molecule has 1 fully saturated rings. The number of piperazine rings is 1. The molecule has 0 bridgehead atoms. The lowest BCUT2D eigenvalue weighted by atomic mass is 10.1. The van der Waals surface area contributed by atoms with Crippen molar-refractivity contribution in [3.05, 3.63) is 89.3 Å². The molecule has 3 heterocycles. The number of benzene rings is 3. The summed E-state index contributed by atoms with van der Waals surface area (Å²) in [6.07, 6.45) is 3.41. The van der Waals surface area contributed by atoms with Crippen molar-refractivity contribution in [2.45, 2.75) is 0 Å². The molecule has 0 atom stereocenters. The third kappa shape index (κ3) is 3.81. The number of H-pyrrole nitrogens is 1. The van der Waals surface area contributed by atoms with Crippen LogP contribution in [0.2, 0.25) is 5.02 Å². The van der Waals surface area contributed by atoms with Crippen LogP contribution in [0, 0.1) is 0 Å². The first-order valence-electron chi connectivity index (χ1n) is 11.3. The van der Waals surface area contributed by atoms with Gasteiger partial charge < -0.3 is 14.8 Å². The quantitative estimate of drug-likeness (QED) is 0.416. The fraction of sp³-hybridized carbons (Fsp3) is 0.154. The molecule has 35 heavy (non-hydrogen) atoms. The molecule has 9 heteroatoms. The Bertz CT molecular complexity index is 1580. The molecular formula is C26H21ClN6O2. The number of imidazole rings is 1. The molecule has 3 aromatic carbocycles. The number of hydrogen-bond donors (Lipinski definition) is 1. The Kier molecular flexibility index (Phi) is 5.22. The lowest BCUT2D eigenvalue weighted by Gasteiger charge is -2.35. The zero-order chi connectivity index (χ0) is 23.9. The van der Waals surface area contributed by atoms with Gasteiger partial charge in [-0.25, -0.2) is 9.67 Å². The Balaban J connectivity index is 1.15. The van der Waals surface area contributed by atoms with E-state index in [1.54, 1.807) is 45.2 Å². The topological polar surface area (TPSA) is 87.1 Å². The summed E-state index contributed by atoms with van der Waals surface area (Å²) in [6, 6.07) is 18.7. The number of para-hydroxylation sites is 1. The van der Waals surface area contributed by atoms with Gasteiger partial charge in [0, 0.05) is 37.1 Å². The van der Waals surface area contributed by atoms with E-state index >= 15 is 0 Å². The molecule has 0 radical (unpaired) electrons. The highest BCUT2D eigenvalue weighted by Crippen LogP contribution is 2.25. The molecule has 0 aliphatic carbocycles. The fourth-order valence-electron chi connectivity index (χ4n) is 4.52. The van der Waals surface area contributed by atoms with Crippen LogP contribution in [0.1, 0.15) is 20.7 Å². The van der Waals surface area contributed by atoms with E-state index in [-0.39, 0.29) is 11.8 Å². The van der Waals surface area contributed by atoms with Gasteiger partial charge in [0.25, 0.3) is 11.8 Å². The third-order valence-corrected chi connectivity index (χ3v) is 6.74. The highest BCUT2D eigenvalue weighted by molar-refractivity contribution is 6.34. The molecule has 6 rings (SSSR count). The van der Waals surface area contributed by atoms with Gasteiger partial charge in [0.05, 0.1) is 45.3 Å². The normalized spacial score (nSPS) is 14.1. The first-order valence-corrected chi connectivity index (χ1v) is 11.7. The summed E-state index contributed by atoms with van der Waals surface area (Å²) in [5.74, 6) is -0.194. The standard InChI is InChI=1S/C26H21ClN6O2/c27-21-14-19(33-24-4-2-1-3-18(24)15-30-33)6-7-20(21)26(35)32-11-9-31(10-12-32)25(34)17-5-8-22-23(13-17)29-16-28-22/h1-8,13-16H,9-12H2,(H,28,29). The number of halogens is 1. The minimum absolute atomic E-state index is 0.0533. The van der Waals surface area contributed by atoms with Gasteiger partial charge in [0.1, 0.15) is 0 Å². The Morgan fingerprint density at radius 1 is 0.886 bits per heavy atom. The second-order valence-corrected chi connectivity index (χ2v) is 8.91. The number of hydrogen-bond acceptors (Lipinski definition) is 4. The van der Waals surface area contributed by atoms with Gasteiger partial charge in [-0.15, -0.1) is 0 Å². The SMILES string of the molecule is O=C(c1ccc2nc[nH]c2c1)N1CCN(C(=O)c2ccc(-n3ncc4ccccc43)cc2Cl)CC1. The maximum Gasteiger partial charge on any atom is 0.255 e. The van der Waals surface area contributed by atoms with Crippen molar-refractivity contribution in [3.63, 3.8) is 0 Å². The van der Waals surface area contributed by atoms with Crippen molar-refractivity contribution in [3.8, 4) is 5.69 Å². The van der Waals surface area contributed by atoms with E-state index in [9.17, 15) is 9.59 Å². The highest BCUT2D eigenvalue weighted by atomic mass is 35.5. The Morgan fingerprint density at radius 3 is 2.46 bits per heavy atom. The minimum atomic E-state index is -0.141. The van der Waals surface area contributed by atoms with Crippen LogP contribution in [-0.4, -0.2) is 67.5 Å². The van der Waals surface area contributed by atoms with E-state index in [1.807, 2.05) is 42.5 Å². The maximum absolute atomic E-state index is 13.2. The van der Waals surface area contributed by atoms with Crippen LogP contribution in [0.4, 0.5) is 0 Å². The lowest BCUT2D eigenvalue weighted by molar-refractivity contribution is 0.0535. The number of carbonyl (C=O) groups excluding carboxylic acids is 2. The van der Waals surface area contributed by atoms with Crippen molar-refractivity contribution in [2.24, 2.45) is 0 Å². The van der Waals surface area contributed by atoms with E-state index in [1.165, 1.54) is 0 Å². The first-order chi connectivity index (χ1) is 17.1. The average Bonchev–Trinajstić information content (AvgIpc) is 3.54. The van der Waals surface area contributed by atoms with E-state index in [2.05, 4.69) is 15.1 Å². The van der Waals surface area contributed by atoms with Crippen LogP contribution in [-0.2, 0) is 0 Å². The van der Waals surface area contributed by atoms with Gasteiger partial charge in [-0.1, -0.05) is 29.8 Å². The molecule has 0 saturated carbocycles. The smallest absolute Gasteiger partial charge is 0.255 e. The van der Waals surface area contributed by atoms with Crippen LogP contribution in [0.15, 0.2) is 73.2 Å². The lowest BCUT2D eigenvalue weighted by Crippen LogP contribution is -2.50. The van der Waals surface area contributed by atoms with Crippen LogP contribution >= 0.6 is 11.6 Å². The van der Waals surface area contributed by atoms with Crippen molar-refractivity contribution in [1.82, 2.24) is 29.5 Å². The van der Waals surface area contributed by atoms with E-state index in [4.69, 9.17) is 11.6 Å². The molecule has 174 valence electrons. The van der Waals surface area contributed by atoms with Crippen molar-refractivity contribution >= 4 is 45.4 Å². The van der Waals surface area contributed by atoms with Crippen LogP contribution < -0.4 is 0 Å². The number of carbonyl (C=O) groups is 2. The fourth-order valence-corrected chi connectivity index (χ4v) is 4.78. The zero-order valence-electron chi connectivity index (χ0n) is 18.7. The molecule has 0 unspecified atom stereocenters. The number of rotatable bonds is 3. The summed E-state index contributed by atoms with van der Waals surface area (Å²) in [5, 5.41) is 5.86. The van der Waals surface area contributed by atoms with Crippen LogP contribution in [0.3, 0.4) is 0 Å². The molecular weight excluding hydrogens is 464 g/mol. The zero-order valence-corrected chi connectivity index (χ0v) is 19.4. The Labute approximate surface area is 205 Å². The van der Waals surface area contributed by atoms with Gasteiger partial charge >= 0.3 is 0 Å². The number of fused-ring (bicyclic) bond motifs is 2. The predicted molar refractivity (Wildman–Crippen MR) is 134 cm³/mol. The monoisotopic (exact) mass is 484 g/mol. The van der Waals surface area contributed by atoms with Crippen molar-refractivity contribution in [1.29, 1.82) is 0 Å². The molecule has 1 saturated heterocycles. The largest absolute Gasteiger partial charge is 0.345 e. The number of aromatic nitrogens is 4. The molecule has 2 aromatic heterocycles. The molecule has 2 amide bonds. The molecule has 8 nitrogen and oxygen atoms in total. The summed E-state index contributed by atoms with van der Waals surface area (Å²) in [4.78, 5) is 36.9.